The van der Waals surface area contributed by atoms with Crippen LogP contribution >= 0.6 is 0 Å². The van der Waals surface area contributed by atoms with Gasteiger partial charge in [-0.15, -0.1) is 0 Å². The van der Waals surface area contributed by atoms with E-state index in [2.05, 4.69) is 0 Å². The lowest BCUT2D eigenvalue weighted by atomic mass is 9.86. The fraction of sp³-hybridized carbons (Fsp3) is 0.917. The van der Waals surface area contributed by atoms with Crippen LogP contribution in [0.1, 0.15) is 59.3 Å². The molecule has 82 valence electrons. The van der Waals surface area contributed by atoms with Crippen LogP contribution in [-0.4, -0.2) is 16.5 Å². The van der Waals surface area contributed by atoms with Gasteiger partial charge in [0.15, 0.2) is 11.8 Å². The molecule has 0 aromatic carbocycles. The van der Waals surface area contributed by atoms with Gasteiger partial charge in [0.25, 0.3) is 0 Å². The molecule has 0 aliphatic heterocycles. The smallest absolute Gasteiger partial charge is 0.160 e. The predicted molar refractivity (Wildman–Crippen MR) is 60.6 cm³/mol. The minimum atomic E-state index is 0.0959. The Morgan fingerprint density at radius 2 is 1.86 bits per heavy atom. The molecule has 0 atom stereocenters. The maximum absolute atomic E-state index is 11.6. The minimum Gasteiger partial charge on any atom is -0.624 e. The molecular weight excluding hydrogens is 174 g/mol. The standard InChI is InChI=1S/C12H23NO/c1-10(2)13(14)11(3)9-12-7-5-4-6-8-12/h10,12H,4-9H2,1-3H3/b13-11-. The molecule has 0 aromatic heterocycles. The molecule has 2 nitrogen and oxygen atoms in total. The molecule has 14 heavy (non-hydrogen) atoms. The molecule has 0 spiro atoms. The lowest BCUT2D eigenvalue weighted by molar-refractivity contribution is -0.494. The highest BCUT2D eigenvalue weighted by molar-refractivity contribution is 5.77. The summed E-state index contributed by atoms with van der Waals surface area (Å²) in [5.41, 5.74) is 1.02. The molecule has 0 aromatic rings. The van der Waals surface area contributed by atoms with E-state index in [0.717, 1.165) is 18.1 Å². The first-order chi connectivity index (χ1) is 6.61. The topological polar surface area (TPSA) is 26.1 Å². The number of rotatable bonds is 3. The van der Waals surface area contributed by atoms with Gasteiger partial charge < -0.3 is 5.21 Å². The summed E-state index contributed by atoms with van der Waals surface area (Å²) < 4.78 is 1.18. The van der Waals surface area contributed by atoms with Crippen LogP contribution in [0.4, 0.5) is 0 Å². The van der Waals surface area contributed by atoms with Crippen molar-refractivity contribution in [3.05, 3.63) is 5.21 Å². The van der Waals surface area contributed by atoms with Gasteiger partial charge in [-0.2, -0.15) is 0 Å². The summed E-state index contributed by atoms with van der Waals surface area (Å²) in [6.07, 6.45) is 7.77. The zero-order valence-corrected chi connectivity index (χ0v) is 9.75. The summed E-state index contributed by atoms with van der Waals surface area (Å²) in [4.78, 5) is 0. The normalized spacial score (nSPS) is 21.1. The highest BCUT2D eigenvalue weighted by atomic mass is 16.5. The maximum atomic E-state index is 11.6. The summed E-state index contributed by atoms with van der Waals surface area (Å²) in [5.74, 6) is 0.777. The van der Waals surface area contributed by atoms with Crippen molar-refractivity contribution >= 4 is 5.71 Å². The molecule has 1 saturated carbocycles. The number of hydrogen-bond acceptors (Lipinski definition) is 1. The summed E-state index contributed by atoms with van der Waals surface area (Å²) >= 11 is 0. The van der Waals surface area contributed by atoms with Crippen molar-refractivity contribution in [3.63, 3.8) is 0 Å². The first-order valence-corrected chi connectivity index (χ1v) is 5.90. The first-order valence-electron chi connectivity index (χ1n) is 5.90. The molecule has 2 heteroatoms. The third kappa shape index (κ3) is 3.32. The predicted octanol–water partition coefficient (Wildman–Crippen LogP) is 3.34. The van der Waals surface area contributed by atoms with Gasteiger partial charge in [0.2, 0.25) is 0 Å². The van der Waals surface area contributed by atoms with Gasteiger partial charge in [-0.25, -0.2) is 4.74 Å². The van der Waals surface area contributed by atoms with Gasteiger partial charge >= 0.3 is 0 Å². The van der Waals surface area contributed by atoms with E-state index in [-0.39, 0.29) is 6.04 Å². The van der Waals surface area contributed by atoms with E-state index in [1.165, 1.54) is 36.8 Å². The highest BCUT2D eigenvalue weighted by Crippen LogP contribution is 2.26. The first kappa shape index (κ1) is 11.5. The molecule has 1 fully saturated rings. The van der Waals surface area contributed by atoms with Gasteiger partial charge in [-0.3, -0.25) is 0 Å². The fourth-order valence-corrected chi connectivity index (χ4v) is 2.34. The molecule has 0 bridgehead atoms. The van der Waals surface area contributed by atoms with E-state index in [4.69, 9.17) is 0 Å². The quantitative estimate of drug-likeness (QED) is 0.295. The number of hydroxylamine groups is 1. The Kier molecular flexibility index (Phi) is 4.43. The average molecular weight is 197 g/mol. The van der Waals surface area contributed by atoms with Gasteiger partial charge in [0.1, 0.15) is 0 Å². The second-order valence-corrected chi connectivity index (χ2v) is 4.86. The molecule has 0 unspecified atom stereocenters. The zero-order chi connectivity index (χ0) is 10.6. The van der Waals surface area contributed by atoms with Crippen molar-refractivity contribution in [2.75, 3.05) is 0 Å². The maximum Gasteiger partial charge on any atom is 0.160 e. The summed E-state index contributed by atoms with van der Waals surface area (Å²) in [6.45, 7) is 5.90. The second kappa shape index (κ2) is 5.38. The van der Waals surface area contributed by atoms with Crippen molar-refractivity contribution in [2.45, 2.75) is 65.3 Å². The van der Waals surface area contributed by atoms with Crippen LogP contribution in [0.5, 0.6) is 0 Å². The molecule has 0 amide bonds. The van der Waals surface area contributed by atoms with Crippen LogP contribution in [0.15, 0.2) is 0 Å². The molecule has 1 aliphatic carbocycles. The van der Waals surface area contributed by atoms with Crippen LogP contribution in [-0.2, 0) is 0 Å². The molecule has 0 N–H and O–H groups in total. The van der Waals surface area contributed by atoms with Crippen molar-refractivity contribution < 1.29 is 4.74 Å². The SMILES string of the molecule is C/C(CC1CCCCC1)=[N+](/[O-])C(C)C. The van der Waals surface area contributed by atoms with Crippen molar-refractivity contribution in [2.24, 2.45) is 5.92 Å². The summed E-state index contributed by atoms with van der Waals surface area (Å²) in [7, 11) is 0. The Labute approximate surface area is 87.6 Å². The van der Waals surface area contributed by atoms with E-state index in [9.17, 15) is 5.21 Å². The Hall–Kier alpha value is -0.530. The molecular formula is C12H23NO. The Bertz CT molecular complexity index is 202. The summed E-state index contributed by atoms with van der Waals surface area (Å²) in [6, 6.07) is 0.0959. The second-order valence-electron chi connectivity index (χ2n) is 4.86. The largest absolute Gasteiger partial charge is 0.624 e. The van der Waals surface area contributed by atoms with E-state index in [1.54, 1.807) is 0 Å². The van der Waals surface area contributed by atoms with Crippen LogP contribution < -0.4 is 0 Å². The van der Waals surface area contributed by atoms with E-state index < -0.39 is 0 Å². The van der Waals surface area contributed by atoms with Gasteiger partial charge in [-0.1, -0.05) is 19.3 Å². The van der Waals surface area contributed by atoms with E-state index in [1.807, 2.05) is 20.8 Å². The summed E-state index contributed by atoms with van der Waals surface area (Å²) in [5, 5.41) is 11.6. The minimum absolute atomic E-state index is 0.0959. The zero-order valence-electron chi connectivity index (χ0n) is 9.75. The Morgan fingerprint density at radius 3 is 2.36 bits per heavy atom. The Morgan fingerprint density at radius 1 is 1.29 bits per heavy atom. The van der Waals surface area contributed by atoms with Crippen molar-refractivity contribution in [1.29, 1.82) is 0 Å². The van der Waals surface area contributed by atoms with E-state index >= 15 is 0 Å². The van der Waals surface area contributed by atoms with Crippen molar-refractivity contribution in [3.8, 4) is 0 Å². The lowest BCUT2D eigenvalue weighted by Crippen LogP contribution is -2.23. The average Bonchev–Trinajstić information content (AvgIpc) is 2.18. The number of nitrogens with zero attached hydrogens (tertiary/aromatic N) is 1. The van der Waals surface area contributed by atoms with Crippen LogP contribution in [0.3, 0.4) is 0 Å². The fourth-order valence-electron chi connectivity index (χ4n) is 2.34. The molecule has 0 heterocycles. The third-order valence-electron chi connectivity index (χ3n) is 3.15. The molecule has 1 rings (SSSR count). The monoisotopic (exact) mass is 197 g/mol. The van der Waals surface area contributed by atoms with Gasteiger partial charge in [-0.05, 0) is 32.6 Å². The van der Waals surface area contributed by atoms with E-state index in [0.29, 0.717) is 0 Å². The Balaban J connectivity index is 2.45. The lowest BCUT2D eigenvalue weighted by Gasteiger charge is -2.21. The molecule has 1 aliphatic rings. The van der Waals surface area contributed by atoms with Crippen LogP contribution in [0.25, 0.3) is 0 Å². The molecule has 0 radical (unpaired) electrons. The third-order valence-corrected chi connectivity index (χ3v) is 3.15. The van der Waals surface area contributed by atoms with Gasteiger partial charge in [0, 0.05) is 13.3 Å². The van der Waals surface area contributed by atoms with Gasteiger partial charge in [0.05, 0.1) is 0 Å². The van der Waals surface area contributed by atoms with Crippen LogP contribution in [0, 0.1) is 11.1 Å². The molecule has 0 saturated heterocycles. The van der Waals surface area contributed by atoms with Crippen LogP contribution in [0.2, 0.25) is 0 Å². The highest BCUT2D eigenvalue weighted by Gasteiger charge is 2.17. The number of hydrogen-bond donors (Lipinski definition) is 0. The van der Waals surface area contributed by atoms with Crippen molar-refractivity contribution in [1.82, 2.24) is 0 Å².